The van der Waals surface area contributed by atoms with Crippen molar-refractivity contribution in [3.63, 3.8) is 0 Å². The summed E-state index contributed by atoms with van der Waals surface area (Å²) in [4.78, 5) is 6.84. The van der Waals surface area contributed by atoms with E-state index in [-0.39, 0.29) is 0 Å². The monoisotopic (exact) mass is 224 g/mol. The Morgan fingerprint density at radius 1 is 1.53 bits per heavy atom. The van der Waals surface area contributed by atoms with Crippen molar-refractivity contribution in [2.45, 2.75) is 26.3 Å². The number of fused-ring (bicyclic) bond motifs is 1. The fourth-order valence-corrected chi connectivity index (χ4v) is 1.59. The number of nitrogens with one attached hydrogen (secondary N) is 1. The highest BCUT2D eigenvalue weighted by Gasteiger charge is 2.07. The van der Waals surface area contributed by atoms with E-state index in [0.717, 1.165) is 25.0 Å². The number of nitrogens with two attached hydrogens (primary N) is 1. The largest absolute Gasteiger partial charge is 0.369 e. The van der Waals surface area contributed by atoms with Crippen LogP contribution in [0.5, 0.6) is 0 Å². The lowest BCUT2D eigenvalue weighted by atomic mass is 10.3. The fourth-order valence-electron chi connectivity index (χ4n) is 1.36. The van der Waals surface area contributed by atoms with Crippen LogP contribution in [0.15, 0.2) is 0 Å². The molecule has 80 valence electrons. The van der Waals surface area contributed by atoms with Gasteiger partial charge in [0.05, 0.1) is 0 Å². The zero-order valence-electron chi connectivity index (χ0n) is 8.40. The van der Waals surface area contributed by atoms with Gasteiger partial charge in [-0.25, -0.2) is 9.67 Å². The molecule has 0 radical (unpaired) electrons. The number of H-pyrrole nitrogens is 1. The van der Waals surface area contributed by atoms with E-state index in [0.29, 0.717) is 16.1 Å². The first-order valence-corrected chi connectivity index (χ1v) is 5.22. The molecule has 0 bridgehead atoms. The van der Waals surface area contributed by atoms with Gasteiger partial charge in [0, 0.05) is 6.54 Å². The second-order valence-electron chi connectivity index (χ2n) is 3.29. The average molecular weight is 224 g/mol. The summed E-state index contributed by atoms with van der Waals surface area (Å²) in [7, 11) is 0. The van der Waals surface area contributed by atoms with Crippen molar-refractivity contribution in [2.24, 2.45) is 0 Å². The van der Waals surface area contributed by atoms with E-state index in [9.17, 15) is 0 Å². The van der Waals surface area contributed by atoms with Crippen molar-refractivity contribution >= 4 is 29.3 Å². The maximum absolute atomic E-state index is 5.58. The average Bonchev–Trinajstić information content (AvgIpc) is 2.58. The lowest BCUT2D eigenvalue weighted by Crippen LogP contribution is -2.03. The van der Waals surface area contributed by atoms with Crippen molar-refractivity contribution < 1.29 is 0 Å². The van der Waals surface area contributed by atoms with Gasteiger partial charge < -0.3 is 10.7 Å². The minimum atomic E-state index is 0.299. The van der Waals surface area contributed by atoms with Crippen LogP contribution in [-0.4, -0.2) is 25.0 Å². The highest BCUT2D eigenvalue weighted by Crippen LogP contribution is 2.10. The summed E-state index contributed by atoms with van der Waals surface area (Å²) >= 11 is 5.04. The van der Waals surface area contributed by atoms with Crippen LogP contribution in [0.1, 0.15) is 19.8 Å². The smallest absolute Gasteiger partial charge is 0.200 e. The highest BCUT2D eigenvalue weighted by molar-refractivity contribution is 7.71. The van der Waals surface area contributed by atoms with Gasteiger partial charge >= 0.3 is 0 Å². The summed E-state index contributed by atoms with van der Waals surface area (Å²) in [6.07, 6.45) is 2.14. The van der Waals surface area contributed by atoms with Crippen LogP contribution in [0, 0.1) is 4.64 Å². The first-order chi connectivity index (χ1) is 7.22. The van der Waals surface area contributed by atoms with Crippen LogP contribution >= 0.6 is 12.2 Å². The minimum Gasteiger partial charge on any atom is -0.369 e. The minimum absolute atomic E-state index is 0.299. The Morgan fingerprint density at radius 3 is 3.07 bits per heavy atom. The van der Waals surface area contributed by atoms with Gasteiger partial charge in [-0.05, 0) is 6.42 Å². The van der Waals surface area contributed by atoms with E-state index in [1.165, 1.54) is 0 Å². The predicted molar refractivity (Wildman–Crippen MR) is 59.8 cm³/mol. The molecule has 0 aliphatic heterocycles. The van der Waals surface area contributed by atoms with Crippen molar-refractivity contribution in [3.8, 4) is 0 Å². The fraction of sp³-hybridized carbons (Fsp3) is 0.500. The molecule has 0 aromatic carbocycles. The Kier molecular flexibility index (Phi) is 2.63. The molecule has 15 heavy (non-hydrogen) atoms. The molecule has 2 heterocycles. The van der Waals surface area contributed by atoms with Crippen LogP contribution in [0.2, 0.25) is 0 Å². The first-order valence-electron chi connectivity index (χ1n) is 4.81. The second kappa shape index (κ2) is 3.93. The number of aromatic amines is 1. The summed E-state index contributed by atoms with van der Waals surface area (Å²) < 4.78 is 2.16. The number of hydrogen-bond donors (Lipinski definition) is 2. The Hall–Kier alpha value is -1.50. The molecule has 0 aliphatic carbocycles. The molecule has 2 aromatic rings. The summed E-state index contributed by atoms with van der Waals surface area (Å²) in [5.41, 5.74) is 6.94. The van der Waals surface area contributed by atoms with Crippen molar-refractivity contribution in [1.82, 2.24) is 25.0 Å². The number of aromatic nitrogens is 5. The third kappa shape index (κ3) is 1.82. The number of anilines is 1. The summed E-state index contributed by atoms with van der Waals surface area (Å²) in [5, 5.41) is 7.98. The van der Waals surface area contributed by atoms with Gasteiger partial charge in [0.25, 0.3) is 0 Å². The van der Waals surface area contributed by atoms with Gasteiger partial charge in [0.15, 0.2) is 15.8 Å². The molecule has 0 amide bonds. The molecule has 0 aliphatic rings. The number of aryl methyl sites for hydroxylation is 1. The Morgan fingerprint density at radius 2 is 2.33 bits per heavy atom. The standard InChI is InChI=1S/C8H12N6S/c1-2-3-4-14-6-5(12-13-14)7(15)11-8(9)10-6/h2-4H2,1H3,(H3,9,10,11,15). The second-order valence-corrected chi connectivity index (χ2v) is 3.68. The third-order valence-corrected chi connectivity index (χ3v) is 2.41. The van der Waals surface area contributed by atoms with Gasteiger partial charge in [-0.3, -0.25) is 0 Å². The van der Waals surface area contributed by atoms with Gasteiger partial charge in [0.2, 0.25) is 5.95 Å². The van der Waals surface area contributed by atoms with E-state index in [1.54, 1.807) is 4.68 Å². The Labute approximate surface area is 91.5 Å². The van der Waals surface area contributed by atoms with E-state index < -0.39 is 0 Å². The lowest BCUT2D eigenvalue weighted by molar-refractivity contribution is 0.564. The molecular formula is C8H12N6S. The van der Waals surface area contributed by atoms with Crippen LogP contribution in [0.25, 0.3) is 11.2 Å². The maximum atomic E-state index is 5.58. The van der Waals surface area contributed by atoms with Gasteiger partial charge in [-0.2, -0.15) is 0 Å². The molecule has 0 saturated heterocycles. The van der Waals surface area contributed by atoms with Crippen LogP contribution < -0.4 is 5.73 Å². The summed E-state index contributed by atoms with van der Waals surface area (Å²) in [6, 6.07) is 0. The SMILES string of the molecule is CCCCn1nnc2c(=S)nc(N)[nH]c21. The third-order valence-electron chi connectivity index (χ3n) is 2.13. The topological polar surface area (TPSA) is 85.4 Å². The molecule has 0 atom stereocenters. The zero-order valence-corrected chi connectivity index (χ0v) is 9.21. The number of nitrogen functional groups attached to an aromatic ring is 1. The zero-order chi connectivity index (χ0) is 10.8. The normalized spacial score (nSPS) is 11.0. The van der Waals surface area contributed by atoms with E-state index >= 15 is 0 Å². The molecule has 0 fully saturated rings. The number of unbranched alkanes of at least 4 members (excludes halogenated alkanes) is 1. The molecule has 6 nitrogen and oxygen atoms in total. The maximum Gasteiger partial charge on any atom is 0.200 e. The van der Waals surface area contributed by atoms with Crippen LogP contribution in [-0.2, 0) is 6.54 Å². The van der Waals surface area contributed by atoms with E-state index in [4.69, 9.17) is 18.0 Å². The molecular weight excluding hydrogens is 212 g/mol. The molecule has 7 heteroatoms. The Balaban J connectivity index is 2.53. The van der Waals surface area contributed by atoms with Crippen molar-refractivity contribution in [2.75, 3.05) is 5.73 Å². The number of nitrogens with zero attached hydrogens (tertiary/aromatic N) is 4. The molecule has 2 rings (SSSR count). The van der Waals surface area contributed by atoms with Crippen LogP contribution in [0.3, 0.4) is 0 Å². The highest BCUT2D eigenvalue weighted by atomic mass is 32.1. The molecule has 0 unspecified atom stereocenters. The van der Waals surface area contributed by atoms with Crippen molar-refractivity contribution in [3.05, 3.63) is 4.64 Å². The van der Waals surface area contributed by atoms with E-state index in [2.05, 4.69) is 27.2 Å². The van der Waals surface area contributed by atoms with Crippen LogP contribution in [0.4, 0.5) is 5.95 Å². The summed E-state index contributed by atoms with van der Waals surface area (Å²) in [5.74, 6) is 0.299. The van der Waals surface area contributed by atoms with E-state index in [1.807, 2.05) is 0 Å². The molecule has 3 N–H and O–H groups in total. The number of hydrogen-bond acceptors (Lipinski definition) is 5. The van der Waals surface area contributed by atoms with Crippen molar-refractivity contribution in [1.29, 1.82) is 0 Å². The lowest BCUT2D eigenvalue weighted by Gasteiger charge is -2.00. The molecule has 0 spiro atoms. The quantitative estimate of drug-likeness (QED) is 0.767. The number of rotatable bonds is 3. The van der Waals surface area contributed by atoms with Gasteiger partial charge in [-0.15, -0.1) is 5.10 Å². The Bertz CT molecular complexity index is 527. The predicted octanol–water partition coefficient (Wildman–Crippen LogP) is 1.27. The molecule has 0 saturated carbocycles. The first kappa shape index (κ1) is 10.0. The van der Waals surface area contributed by atoms with Gasteiger partial charge in [-0.1, -0.05) is 30.8 Å². The summed E-state index contributed by atoms with van der Waals surface area (Å²) in [6.45, 7) is 2.93. The van der Waals surface area contributed by atoms with Gasteiger partial charge in [0.1, 0.15) is 0 Å². The molecule has 2 aromatic heterocycles.